The summed E-state index contributed by atoms with van der Waals surface area (Å²) in [5.74, 6) is -2.69. The first-order valence-corrected chi connectivity index (χ1v) is 9.17. The Bertz CT molecular complexity index is 834. The Morgan fingerprint density at radius 2 is 1.50 bits per heavy atom. The first-order valence-electron chi connectivity index (χ1n) is 9.17. The van der Waals surface area contributed by atoms with Crippen LogP contribution in [0.5, 0.6) is 0 Å². The molecule has 1 atom stereocenters. The van der Waals surface area contributed by atoms with Crippen LogP contribution < -0.4 is 16.0 Å². The van der Waals surface area contributed by atoms with Gasteiger partial charge in [0, 0.05) is 31.5 Å². The Balaban J connectivity index is 1.63. The summed E-state index contributed by atoms with van der Waals surface area (Å²) in [6.45, 7) is -0.838. The summed E-state index contributed by atoms with van der Waals surface area (Å²) in [7, 11) is 0. The van der Waals surface area contributed by atoms with E-state index in [0.717, 1.165) is 22.6 Å². The van der Waals surface area contributed by atoms with Gasteiger partial charge in [-0.3, -0.25) is 33.7 Å². The lowest BCUT2D eigenvalue weighted by Gasteiger charge is -2.14. The highest BCUT2D eigenvalue weighted by atomic mass is 16.2. The number of imide groups is 1. The van der Waals surface area contributed by atoms with E-state index in [9.17, 15) is 28.8 Å². The maximum absolute atomic E-state index is 11.9. The van der Waals surface area contributed by atoms with Crippen molar-refractivity contribution in [2.45, 2.75) is 18.9 Å². The van der Waals surface area contributed by atoms with Crippen molar-refractivity contribution in [3.05, 3.63) is 48.0 Å². The van der Waals surface area contributed by atoms with Crippen molar-refractivity contribution in [3.63, 3.8) is 0 Å². The molecular weight excluding hydrogens is 392 g/mol. The van der Waals surface area contributed by atoms with Crippen LogP contribution in [-0.4, -0.2) is 66.4 Å². The van der Waals surface area contributed by atoms with Gasteiger partial charge in [-0.2, -0.15) is 0 Å². The van der Waals surface area contributed by atoms with Crippen LogP contribution in [-0.2, 0) is 35.2 Å². The largest absolute Gasteiger partial charge is 0.347 e. The van der Waals surface area contributed by atoms with Crippen molar-refractivity contribution < 1.29 is 28.8 Å². The van der Waals surface area contributed by atoms with Crippen LogP contribution in [0, 0.1) is 0 Å². The van der Waals surface area contributed by atoms with Crippen LogP contribution in [0.25, 0.3) is 0 Å². The molecule has 5 amide bonds. The summed E-state index contributed by atoms with van der Waals surface area (Å²) in [5.41, 5.74) is 0.853. The molecule has 0 fully saturated rings. The molecule has 3 N–H and O–H groups in total. The van der Waals surface area contributed by atoms with Crippen molar-refractivity contribution in [1.29, 1.82) is 0 Å². The highest BCUT2D eigenvalue weighted by Crippen LogP contribution is 2.04. The minimum Gasteiger partial charge on any atom is -0.347 e. The summed E-state index contributed by atoms with van der Waals surface area (Å²) in [4.78, 5) is 70.1. The van der Waals surface area contributed by atoms with Gasteiger partial charge in [-0.05, 0) is 5.56 Å². The maximum atomic E-state index is 11.9. The second-order valence-corrected chi connectivity index (χ2v) is 6.39. The molecule has 1 aliphatic heterocycles. The van der Waals surface area contributed by atoms with E-state index >= 15 is 0 Å². The number of nitrogens with one attached hydrogen (secondary N) is 3. The number of hydrogen-bond acceptors (Lipinski definition) is 6. The SMILES string of the molecule is O=[C][C@H](Cc1ccccc1)NC(=O)CNC(=O)CNC(=O)CCN1C(=O)C=CC1=O. The number of carbonyl (C=O) groups excluding carboxylic acids is 6. The van der Waals surface area contributed by atoms with Crippen LogP contribution in [0.2, 0.25) is 0 Å². The lowest BCUT2D eigenvalue weighted by atomic mass is 10.1. The van der Waals surface area contributed by atoms with E-state index in [1.807, 2.05) is 30.3 Å². The number of amides is 5. The van der Waals surface area contributed by atoms with Gasteiger partial charge in [-0.1, -0.05) is 30.3 Å². The van der Waals surface area contributed by atoms with Crippen molar-refractivity contribution in [2.75, 3.05) is 19.6 Å². The molecule has 1 heterocycles. The first-order chi connectivity index (χ1) is 14.4. The van der Waals surface area contributed by atoms with E-state index in [4.69, 9.17) is 0 Å². The molecule has 10 nitrogen and oxygen atoms in total. The van der Waals surface area contributed by atoms with Crippen molar-refractivity contribution >= 4 is 35.8 Å². The van der Waals surface area contributed by atoms with Gasteiger partial charge in [-0.25, -0.2) is 0 Å². The van der Waals surface area contributed by atoms with Crippen LogP contribution in [0.4, 0.5) is 0 Å². The Labute approximate surface area is 172 Å². The Hall–Kier alpha value is -3.82. The van der Waals surface area contributed by atoms with Crippen molar-refractivity contribution in [1.82, 2.24) is 20.9 Å². The fourth-order valence-electron chi connectivity index (χ4n) is 2.59. The van der Waals surface area contributed by atoms with Crippen LogP contribution in [0.1, 0.15) is 12.0 Å². The standard InChI is InChI=1S/C20H21N4O6/c25-13-15(10-14-4-2-1-3-5-14)23-18(28)12-22-17(27)11-21-16(26)8-9-24-19(29)6-7-20(24)30/h1-7,15H,8-12H2,(H,21,26)(H,22,27)(H,23,28)/t15-/m0/s1. The molecule has 0 bridgehead atoms. The van der Waals surface area contributed by atoms with Gasteiger partial charge in [-0.15, -0.1) is 0 Å². The van der Waals surface area contributed by atoms with Gasteiger partial charge < -0.3 is 16.0 Å². The normalized spacial score (nSPS) is 13.7. The van der Waals surface area contributed by atoms with Crippen LogP contribution in [0.15, 0.2) is 42.5 Å². The summed E-state index contributed by atoms with van der Waals surface area (Å²) in [5, 5.41) is 7.10. The lowest BCUT2D eigenvalue weighted by molar-refractivity contribution is -0.137. The Morgan fingerprint density at radius 3 is 2.13 bits per heavy atom. The smallest absolute Gasteiger partial charge is 0.253 e. The average molecular weight is 413 g/mol. The molecule has 0 spiro atoms. The molecule has 0 aromatic heterocycles. The van der Waals surface area contributed by atoms with Gasteiger partial charge >= 0.3 is 0 Å². The van der Waals surface area contributed by atoms with E-state index in [1.54, 1.807) is 6.29 Å². The molecule has 0 unspecified atom stereocenters. The Kier molecular flexibility index (Phi) is 8.42. The van der Waals surface area contributed by atoms with Crippen molar-refractivity contribution in [2.24, 2.45) is 0 Å². The molecule has 10 heteroatoms. The molecule has 0 aliphatic carbocycles. The molecule has 0 saturated carbocycles. The summed E-state index contributed by atoms with van der Waals surface area (Å²) in [6.07, 6.45) is 4.10. The second kappa shape index (κ2) is 11.2. The monoisotopic (exact) mass is 413 g/mol. The molecule has 1 aliphatic rings. The predicted molar refractivity (Wildman–Crippen MR) is 104 cm³/mol. The molecule has 1 radical (unpaired) electrons. The molecule has 1 aromatic carbocycles. The topological polar surface area (TPSA) is 142 Å². The van der Waals surface area contributed by atoms with E-state index in [-0.39, 0.29) is 32.5 Å². The molecule has 157 valence electrons. The van der Waals surface area contributed by atoms with Crippen LogP contribution >= 0.6 is 0 Å². The van der Waals surface area contributed by atoms with Gasteiger partial charge in [0.1, 0.15) is 0 Å². The number of benzene rings is 1. The Morgan fingerprint density at radius 1 is 0.900 bits per heavy atom. The highest BCUT2D eigenvalue weighted by molar-refractivity contribution is 6.13. The fourth-order valence-corrected chi connectivity index (χ4v) is 2.59. The second-order valence-electron chi connectivity index (χ2n) is 6.39. The van der Waals surface area contributed by atoms with Gasteiger partial charge in [0.15, 0.2) is 0 Å². The number of hydrogen-bond donors (Lipinski definition) is 3. The van der Waals surface area contributed by atoms with Crippen molar-refractivity contribution in [3.8, 4) is 0 Å². The molecule has 30 heavy (non-hydrogen) atoms. The highest BCUT2D eigenvalue weighted by Gasteiger charge is 2.23. The molecule has 0 saturated heterocycles. The van der Waals surface area contributed by atoms with E-state index < -0.39 is 35.6 Å². The zero-order valence-electron chi connectivity index (χ0n) is 16.1. The summed E-state index contributed by atoms with van der Waals surface area (Å²) in [6, 6.07) is 8.23. The quantitative estimate of drug-likeness (QED) is 0.372. The summed E-state index contributed by atoms with van der Waals surface area (Å²) >= 11 is 0. The van der Waals surface area contributed by atoms with Gasteiger partial charge in [0.25, 0.3) is 11.8 Å². The maximum Gasteiger partial charge on any atom is 0.253 e. The number of carbonyl (C=O) groups is 5. The number of rotatable bonds is 11. The van der Waals surface area contributed by atoms with E-state index in [2.05, 4.69) is 16.0 Å². The number of nitrogens with zero attached hydrogens (tertiary/aromatic N) is 1. The van der Waals surface area contributed by atoms with E-state index in [1.165, 1.54) is 0 Å². The molecule has 2 rings (SSSR count). The van der Waals surface area contributed by atoms with Gasteiger partial charge in [0.05, 0.1) is 19.1 Å². The van der Waals surface area contributed by atoms with E-state index in [0.29, 0.717) is 0 Å². The first kappa shape index (κ1) is 22.5. The minimum absolute atomic E-state index is 0.0917. The molecular formula is C20H21N4O6. The third-order valence-corrected chi connectivity index (χ3v) is 4.12. The summed E-state index contributed by atoms with van der Waals surface area (Å²) < 4.78 is 0. The lowest BCUT2D eigenvalue weighted by Crippen LogP contribution is -2.45. The minimum atomic E-state index is -0.845. The van der Waals surface area contributed by atoms with Gasteiger partial charge in [0.2, 0.25) is 24.0 Å². The molecule has 1 aromatic rings. The zero-order chi connectivity index (χ0) is 21.9. The third kappa shape index (κ3) is 7.30. The third-order valence-electron chi connectivity index (χ3n) is 4.12. The average Bonchev–Trinajstić information content (AvgIpc) is 3.06. The van der Waals surface area contributed by atoms with Crippen LogP contribution in [0.3, 0.4) is 0 Å². The fraction of sp³-hybridized carbons (Fsp3) is 0.300. The predicted octanol–water partition coefficient (Wildman–Crippen LogP) is -1.63. The zero-order valence-corrected chi connectivity index (χ0v) is 16.1.